The van der Waals surface area contributed by atoms with Crippen molar-refractivity contribution in [3.63, 3.8) is 0 Å². The van der Waals surface area contributed by atoms with Crippen LogP contribution in [-0.4, -0.2) is 16.1 Å². The van der Waals surface area contributed by atoms with E-state index < -0.39 is 5.97 Å². The van der Waals surface area contributed by atoms with Crippen LogP contribution in [0.4, 0.5) is 0 Å². The molecule has 0 aliphatic rings. The summed E-state index contributed by atoms with van der Waals surface area (Å²) >= 11 is 5.79. The van der Waals surface area contributed by atoms with Gasteiger partial charge in [0, 0.05) is 6.07 Å². The second-order valence-electron chi connectivity index (χ2n) is 5.70. The highest BCUT2D eigenvalue weighted by Gasteiger charge is 2.14. The summed E-state index contributed by atoms with van der Waals surface area (Å²) in [6.07, 6.45) is 0. The van der Waals surface area contributed by atoms with E-state index in [2.05, 4.69) is 25.8 Å². The average Bonchev–Trinajstić information content (AvgIpc) is 2.37. The number of carbonyl (C=O) groups is 1. The predicted octanol–water partition coefficient (Wildman–Crippen LogP) is 4.52. The molecule has 0 spiro atoms. The SMILES string of the molecule is CC(C)(C)c1ccc(Oc2cc(C(=O)O)cc(Cl)n2)cc1. The van der Waals surface area contributed by atoms with Gasteiger partial charge in [-0.3, -0.25) is 0 Å². The first-order valence-corrected chi connectivity index (χ1v) is 6.83. The lowest BCUT2D eigenvalue weighted by Crippen LogP contribution is -2.10. The third kappa shape index (κ3) is 3.95. The molecule has 0 aliphatic carbocycles. The van der Waals surface area contributed by atoms with E-state index in [1.165, 1.54) is 17.7 Å². The Hall–Kier alpha value is -2.07. The summed E-state index contributed by atoms with van der Waals surface area (Å²) in [6.45, 7) is 6.38. The molecule has 21 heavy (non-hydrogen) atoms. The summed E-state index contributed by atoms with van der Waals surface area (Å²) in [6, 6.07) is 10.2. The molecule has 2 rings (SSSR count). The molecular weight excluding hydrogens is 290 g/mol. The Balaban J connectivity index is 2.24. The van der Waals surface area contributed by atoms with Gasteiger partial charge in [0.25, 0.3) is 0 Å². The van der Waals surface area contributed by atoms with Crippen molar-refractivity contribution in [1.82, 2.24) is 4.98 Å². The second kappa shape index (κ2) is 5.74. The van der Waals surface area contributed by atoms with Crippen LogP contribution in [0.5, 0.6) is 11.6 Å². The van der Waals surface area contributed by atoms with Gasteiger partial charge in [-0.2, -0.15) is 0 Å². The summed E-state index contributed by atoms with van der Waals surface area (Å²) in [5, 5.41) is 9.06. The van der Waals surface area contributed by atoms with Crippen molar-refractivity contribution in [2.24, 2.45) is 0 Å². The molecule has 1 aromatic carbocycles. The highest BCUT2D eigenvalue weighted by atomic mass is 35.5. The summed E-state index contributed by atoms with van der Waals surface area (Å²) < 4.78 is 5.56. The number of carboxylic acids is 1. The van der Waals surface area contributed by atoms with E-state index >= 15 is 0 Å². The Bertz CT molecular complexity index is 660. The molecule has 1 heterocycles. The van der Waals surface area contributed by atoms with E-state index in [1.807, 2.05) is 24.3 Å². The van der Waals surface area contributed by atoms with Crippen molar-refractivity contribution in [2.45, 2.75) is 26.2 Å². The van der Waals surface area contributed by atoms with Crippen LogP contribution in [0.2, 0.25) is 5.15 Å². The molecule has 0 radical (unpaired) electrons. The molecule has 2 aromatic rings. The molecule has 1 N–H and O–H groups in total. The minimum Gasteiger partial charge on any atom is -0.478 e. The molecule has 0 fully saturated rings. The molecule has 4 nitrogen and oxygen atoms in total. The van der Waals surface area contributed by atoms with Crippen LogP contribution in [0.1, 0.15) is 36.7 Å². The quantitative estimate of drug-likeness (QED) is 0.847. The number of aromatic carboxylic acids is 1. The van der Waals surface area contributed by atoms with Crippen LogP contribution in [0, 0.1) is 0 Å². The van der Waals surface area contributed by atoms with Crippen LogP contribution in [0.15, 0.2) is 36.4 Å². The Morgan fingerprint density at radius 1 is 1.19 bits per heavy atom. The van der Waals surface area contributed by atoms with Crippen molar-refractivity contribution < 1.29 is 14.6 Å². The van der Waals surface area contributed by atoms with Gasteiger partial charge in [-0.1, -0.05) is 44.5 Å². The lowest BCUT2D eigenvalue weighted by atomic mass is 9.87. The van der Waals surface area contributed by atoms with Crippen LogP contribution < -0.4 is 4.74 Å². The predicted molar refractivity (Wildman–Crippen MR) is 81.4 cm³/mol. The summed E-state index contributed by atoms with van der Waals surface area (Å²) in [4.78, 5) is 14.9. The molecule has 0 atom stereocenters. The third-order valence-electron chi connectivity index (χ3n) is 2.96. The Kier molecular flexibility index (Phi) is 4.19. The minimum absolute atomic E-state index is 0.0383. The first-order chi connectivity index (χ1) is 9.75. The fraction of sp³-hybridized carbons (Fsp3) is 0.250. The largest absolute Gasteiger partial charge is 0.478 e. The third-order valence-corrected chi connectivity index (χ3v) is 3.15. The van der Waals surface area contributed by atoms with Gasteiger partial charge in [0.15, 0.2) is 0 Å². The first kappa shape index (κ1) is 15.3. The van der Waals surface area contributed by atoms with E-state index in [-0.39, 0.29) is 22.0 Å². The van der Waals surface area contributed by atoms with Crippen molar-refractivity contribution in [1.29, 1.82) is 0 Å². The van der Waals surface area contributed by atoms with Gasteiger partial charge in [-0.05, 0) is 29.2 Å². The molecule has 0 saturated heterocycles. The first-order valence-electron chi connectivity index (χ1n) is 6.45. The molecule has 0 amide bonds. The van der Waals surface area contributed by atoms with Crippen LogP contribution in [-0.2, 0) is 5.41 Å². The topological polar surface area (TPSA) is 59.4 Å². The number of aromatic nitrogens is 1. The standard InChI is InChI=1S/C16H16ClNO3/c1-16(2,3)11-4-6-12(7-5-11)21-14-9-10(15(19)20)8-13(17)18-14/h4-9H,1-3H3,(H,19,20). The van der Waals surface area contributed by atoms with E-state index in [4.69, 9.17) is 21.4 Å². The zero-order valence-electron chi connectivity index (χ0n) is 12.1. The van der Waals surface area contributed by atoms with E-state index in [9.17, 15) is 4.79 Å². The lowest BCUT2D eigenvalue weighted by Gasteiger charge is -2.19. The van der Waals surface area contributed by atoms with Gasteiger partial charge < -0.3 is 9.84 Å². The normalized spacial score (nSPS) is 11.2. The highest BCUT2D eigenvalue weighted by molar-refractivity contribution is 6.29. The number of benzene rings is 1. The summed E-state index contributed by atoms with van der Waals surface area (Å²) in [5.41, 5.74) is 1.28. The number of hydrogen-bond acceptors (Lipinski definition) is 3. The molecule has 0 aliphatic heterocycles. The number of ether oxygens (including phenoxy) is 1. The average molecular weight is 306 g/mol. The fourth-order valence-electron chi connectivity index (χ4n) is 1.79. The van der Waals surface area contributed by atoms with Crippen molar-refractivity contribution >= 4 is 17.6 Å². The maximum absolute atomic E-state index is 11.0. The molecule has 110 valence electrons. The summed E-state index contributed by atoms with van der Waals surface area (Å²) in [7, 11) is 0. The number of nitrogens with zero attached hydrogens (tertiary/aromatic N) is 1. The van der Waals surface area contributed by atoms with Crippen LogP contribution >= 0.6 is 11.6 Å². The van der Waals surface area contributed by atoms with Crippen molar-refractivity contribution in [3.05, 3.63) is 52.7 Å². The second-order valence-corrected chi connectivity index (χ2v) is 6.09. The number of pyridine rings is 1. The Labute approximate surface area is 128 Å². The maximum atomic E-state index is 11.0. The molecule has 1 aromatic heterocycles. The highest BCUT2D eigenvalue weighted by Crippen LogP contribution is 2.27. The van der Waals surface area contributed by atoms with Gasteiger partial charge in [-0.25, -0.2) is 9.78 Å². The molecular formula is C16H16ClNO3. The summed E-state index contributed by atoms with van der Waals surface area (Å²) in [5.74, 6) is -0.343. The van der Waals surface area contributed by atoms with Gasteiger partial charge in [0.05, 0.1) is 5.56 Å². The van der Waals surface area contributed by atoms with Crippen LogP contribution in [0.25, 0.3) is 0 Å². The monoisotopic (exact) mass is 305 g/mol. The van der Waals surface area contributed by atoms with Crippen molar-refractivity contribution in [2.75, 3.05) is 0 Å². The molecule has 0 saturated carbocycles. The maximum Gasteiger partial charge on any atom is 0.335 e. The fourth-order valence-corrected chi connectivity index (χ4v) is 1.99. The van der Waals surface area contributed by atoms with E-state index in [0.717, 1.165) is 0 Å². The van der Waals surface area contributed by atoms with E-state index in [1.54, 1.807) is 0 Å². The minimum atomic E-state index is -1.08. The van der Waals surface area contributed by atoms with Gasteiger partial charge >= 0.3 is 5.97 Å². The van der Waals surface area contributed by atoms with E-state index in [0.29, 0.717) is 5.75 Å². The molecule has 0 bridgehead atoms. The van der Waals surface area contributed by atoms with Crippen molar-refractivity contribution in [3.8, 4) is 11.6 Å². The van der Waals surface area contributed by atoms with Crippen LogP contribution in [0.3, 0.4) is 0 Å². The number of rotatable bonds is 3. The Morgan fingerprint density at radius 3 is 2.33 bits per heavy atom. The molecule has 0 unspecified atom stereocenters. The van der Waals surface area contributed by atoms with Gasteiger partial charge in [-0.15, -0.1) is 0 Å². The smallest absolute Gasteiger partial charge is 0.335 e. The number of carboxylic acid groups (broad SMARTS) is 1. The number of hydrogen-bond donors (Lipinski definition) is 1. The van der Waals surface area contributed by atoms with Gasteiger partial charge in [0.2, 0.25) is 5.88 Å². The zero-order valence-corrected chi connectivity index (χ0v) is 12.8. The lowest BCUT2D eigenvalue weighted by molar-refractivity contribution is 0.0696. The number of halogens is 1. The zero-order chi connectivity index (χ0) is 15.6. The van der Waals surface area contributed by atoms with Gasteiger partial charge in [0.1, 0.15) is 10.9 Å². The Morgan fingerprint density at radius 2 is 1.81 bits per heavy atom. The molecule has 5 heteroatoms.